The second-order valence-electron chi connectivity index (χ2n) is 5.70. The van der Waals surface area contributed by atoms with Gasteiger partial charge in [0.15, 0.2) is 0 Å². The first kappa shape index (κ1) is 16.9. The van der Waals surface area contributed by atoms with Crippen molar-refractivity contribution in [3.05, 3.63) is 57.5 Å². The van der Waals surface area contributed by atoms with Gasteiger partial charge in [0, 0.05) is 11.8 Å². The topological polar surface area (TPSA) is 70.1 Å². The zero-order valence-corrected chi connectivity index (χ0v) is 14.0. The Hall–Kier alpha value is -2.43. The van der Waals surface area contributed by atoms with Gasteiger partial charge >= 0.3 is 0 Å². The monoisotopic (exact) mass is 312 g/mol. The Morgan fingerprint density at radius 2 is 2.00 bits per heavy atom. The number of anilines is 1. The molecule has 2 rings (SSSR count). The van der Waals surface area contributed by atoms with Crippen LogP contribution in [0.4, 0.5) is 5.95 Å². The first-order valence-electron chi connectivity index (χ1n) is 8.06. The number of hydrogen-bond acceptors (Lipinski definition) is 4. The maximum atomic E-state index is 11.4. The van der Waals surface area contributed by atoms with E-state index in [-0.39, 0.29) is 5.56 Å². The Morgan fingerprint density at radius 1 is 1.26 bits per heavy atom. The molecule has 1 aromatic carbocycles. The van der Waals surface area contributed by atoms with Crippen LogP contribution in [0.25, 0.3) is 0 Å². The van der Waals surface area contributed by atoms with E-state index in [1.807, 2.05) is 6.92 Å². The summed E-state index contributed by atoms with van der Waals surface area (Å²) in [5.41, 5.74) is 6.51. The molecule has 5 heteroatoms. The molecular formula is C18H24N4O. The fourth-order valence-corrected chi connectivity index (χ4v) is 2.33. The van der Waals surface area contributed by atoms with Crippen molar-refractivity contribution in [2.75, 3.05) is 5.43 Å². The standard InChI is InChI=1S/C18H24N4O/c1-4-5-6-7-15-8-10-16(11-9-15)14(3)21-22-18-19-13(2)12-17(23)20-18/h8-12H,4-7H2,1-3H3,(H2,19,20,22,23)/b21-14+. The molecule has 0 unspecified atom stereocenters. The Kier molecular flexibility index (Phi) is 6.09. The number of hydrazone groups is 1. The van der Waals surface area contributed by atoms with Crippen LogP contribution in [0.2, 0.25) is 0 Å². The van der Waals surface area contributed by atoms with Crippen LogP contribution in [0.5, 0.6) is 0 Å². The maximum Gasteiger partial charge on any atom is 0.252 e. The van der Waals surface area contributed by atoms with E-state index in [0.29, 0.717) is 11.6 Å². The van der Waals surface area contributed by atoms with Crippen LogP contribution in [-0.2, 0) is 6.42 Å². The first-order chi connectivity index (χ1) is 11.1. The van der Waals surface area contributed by atoms with Gasteiger partial charge in [-0.15, -0.1) is 0 Å². The number of nitrogens with one attached hydrogen (secondary N) is 2. The molecular weight excluding hydrogens is 288 g/mol. The zero-order valence-electron chi connectivity index (χ0n) is 14.0. The molecule has 1 heterocycles. The summed E-state index contributed by atoms with van der Waals surface area (Å²) in [6.45, 7) is 5.91. The lowest BCUT2D eigenvalue weighted by Crippen LogP contribution is -2.11. The normalized spacial score (nSPS) is 11.5. The van der Waals surface area contributed by atoms with E-state index in [4.69, 9.17) is 0 Å². The number of aromatic amines is 1. The van der Waals surface area contributed by atoms with Gasteiger partial charge in [-0.25, -0.2) is 10.4 Å². The summed E-state index contributed by atoms with van der Waals surface area (Å²) >= 11 is 0. The van der Waals surface area contributed by atoms with Gasteiger partial charge in [-0.3, -0.25) is 9.78 Å². The highest BCUT2D eigenvalue weighted by Gasteiger charge is 2.00. The average Bonchev–Trinajstić information content (AvgIpc) is 2.53. The minimum Gasteiger partial charge on any atom is -0.291 e. The molecule has 0 bridgehead atoms. The van der Waals surface area contributed by atoms with Crippen molar-refractivity contribution >= 4 is 11.7 Å². The third-order valence-corrected chi connectivity index (χ3v) is 3.64. The van der Waals surface area contributed by atoms with Crippen molar-refractivity contribution in [1.29, 1.82) is 0 Å². The molecule has 0 spiro atoms. The van der Waals surface area contributed by atoms with Crippen LogP contribution < -0.4 is 11.0 Å². The molecule has 23 heavy (non-hydrogen) atoms. The number of nitrogens with zero attached hydrogens (tertiary/aromatic N) is 2. The highest BCUT2D eigenvalue weighted by Crippen LogP contribution is 2.10. The van der Waals surface area contributed by atoms with Crippen molar-refractivity contribution in [1.82, 2.24) is 9.97 Å². The van der Waals surface area contributed by atoms with Gasteiger partial charge in [0.2, 0.25) is 5.95 Å². The third kappa shape index (κ3) is 5.36. The summed E-state index contributed by atoms with van der Waals surface area (Å²) in [7, 11) is 0. The second-order valence-corrected chi connectivity index (χ2v) is 5.70. The SMILES string of the molecule is CCCCCc1ccc(/C(C)=N/Nc2nc(C)cc(=O)[nH]2)cc1. The number of hydrogen-bond donors (Lipinski definition) is 2. The van der Waals surface area contributed by atoms with Gasteiger partial charge in [0.25, 0.3) is 5.56 Å². The van der Waals surface area contributed by atoms with Gasteiger partial charge < -0.3 is 0 Å². The van der Waals surface area contributed by atoms with E-state index in [1.54, 1.807) is 6.92 Å². The number of rotatable bonds is 7. The molecule has 0 amide bonds. The highest BCUT2D eigenvalue weighted by atomic mass is 16.1. The van der Waals surface area contributed by atoms with Crippen LogP contribution in [0.1, 0.15) is 49.9 Å². The number of aromatic nitrogens is 2. The van der Waals surface area contributed by atoms with Gasteiger partial charge in [-0.1, -0.05) is 44.0 Å². The minimum atomic E-state index is -0.190. The lowest BCUT2D eigenvalue weighted by atomic mass is 10.0. The largest absolute Gasteiger partial charge is 0.291 e. The van der Waals surface area contributed by atoms with E-state index in [1.165, 1.54) is 30.9 Å². The summed E-state index contributed by atoms with van der Waals surface area (Å²) in [5, 5.41) is 4.29. The van der Waals surface area contributed by atoms with E-state index in [2.05, 4.69) is 51.7 Å². The van der Waals surface area contributed by atoms with Crippen molar-refractivity contribution in [3.8, 4) is 0 Å². The highest BCUT2D eigenvalue weighted by molar-refractivity contribution is 5.99. The lowest BCUT2D eigenvalue weighted by molar-refractivity contribution is 0.717. The Bertz CT molecular complexity index is 717. The zero-order chi connectivity index (χ0) is 16.7. The molecule has 2 aromatic rings. The Morgan fingerprint density at radius 3 is 2.65 bits per heavy atom. The summed E-state index contributed by atoms with van der Waals surface area (Å²) in [4.78, 5) is 18.2. The molecule has 122 valence electrons. The number of benzene rings is 1. The molecule has 0 aliphatic carbocycles. The van der Waals surface area contributed by atoms with E-state index >= 15 is 0 Å². The van der Waals surface area contributed by atoms with Gasteiger partial charge in [0.1, 0.15) is 0 Å². The summed E-state index contributed by atoms with van der Waals surface area (Å²) in [6, 6.07) is 9.90. The van der Waals surface area contributed by atoms with Crippen molar-refractivity contribution in [2.24, 2.45) is 5.10 Å². The Balaban J connectivity index is 2.01. The summed E-state index contributed by atoms with van der Waals surface area (Å²) in [6.07, 6.45) is 4.87. The lowest BCUT2D eigenvalue weighted by Gasteiger charge is -2.05. The van der Waals surface area contributed by atoms with Gasteiger partial charge in [-0.05, 0) is 37.8 Å². The second kappa shape index (κ2) is 8.27. The summed E-state index contributed by atoms with van der Waals surface area (Å²) < 4.78 is 0. The van der Waals surface area contributed by atoms with Gasteiger partial charge in [0.05, 0.1) is 5.71 Å². The quantitative estimate of drug-likeness (QED) is 0.466. The minimum absolute atomic E-state index is 0.190. The van der Waals surface area contributed by atoms with Crippen LogP contribution in [0.3, 0.4) is 0 Å². The van der Waals surface area contributed by atoms with Crippen LogP contribution in [0.15, 0.2) is 40.2 Å². The molecule has 0 radical (unpaired) electrons. The molecule has 0 aliphatic heterocycles. The number of unbranched alkanes of at least 4 members (excludes halogenated alkanes) is 2. The fourth-order valence-electron chi connectivity index (χ4n) is 2.33. The van der Waals surface area contributed by atoms with Gasteiger partial charge in [-0.2, -0.15) is 5.10 Å². The smallest absolute Gasteiger partial charge is 0.252 e. The van der Waals surface area contributed by atoms with Crippen molar-refractivity contribution in [2.45, 2.75) is 46.5 Å². The average molecular weight is 312 g/mol. The molecule has 0 saturated heterocycles. The molecule has 0 saturated carbocycles. The Labute approximate surface area is 136 Å². The molecule has 5 nitrogen and oxygen atoms in total. The summed E-state index contributed by atoms with van der Waals surface area (Å²) in [5.74, 6) is 0.352. The van der Waals surface area contributed by atoms with Crippen LogP contribution in [-0.4, -0.2) is 15.7 Å². The third-order valence-electron chi connectivity index (χ3n) is 3.64. The maximum absolute atomic E-state index is 11.4. The molecule has 2 N–H and O–H groups in total. The predicted octanol–water partition coefficient (Wildman–Crippen LogP) is 3.65. The van der Waals surface area contributed by atoms with Crippen molar-refractivity contribution in [3.63, 3.8) is 0 Å². The fraction of sp³-hybridized carbons (Fsp3) is 0.389. The molecule has 0 aliphatic rings. The van der Waals surface area contributed by atoms with E-state index in [0.717, 1.165) is 17.7 Å². The molecule has 0 atom stereocenters. The number of H-pyrrole nitrogens is 1. The molecule has 1 aromatic heterocycles. The van der Waals surface area contributed by atoms with Crippen LogP contribution >= 0.6 is 0 Å². The van der Waals surface area contributed by atoms with E-state index in [9.17, 15) is 4.79 Å². The predicted molar refractivity (Wildman–Crippen MR) is 95.1 cm³/mol. The van der Waals surface area contributed by atoms with Crippen LogP contribution in [0, 0.1) is 6.92 Å². The number of aryl methyl sites for hydroxylation is 2. The first-order valence-corrected chi connectivity index (χ1v) is 8.06. The van der Waals surface area contributed by atoms with Crippen molar-refractivity contribution < 1.29 is 0 Å². The molecule has 0 fully saturated rings. The van der Waals surface area contributed by atoms with E-state index < -0.39 is 0 Å².